The van der Waals surface area contributed by atoms with E-state index < -0.39 is 0 Å². The van der Waals surface area contributed by atoms with Crippen LogP contribution < -0.4 is 5.32 Å². The van der Waals surface area contributed by atoms with Crippen molar-refractivity contribution in [3.05, 3.63) is 35.4 Å². The number of hydrogen-bond acceptors (Lipinski definition) is 2. The van der Waals surface area contributed by atoms with Crippen LogP contribution in [0.25, 0.3) is 0 Å². The van der Waals surface area contributed by atoms with Gasteiger partial charge < -0.3 is 5.32 Å². The van der Waals surface area contributed by atoms with E-state index in [1.54, 1.807) is 0 Å². The molecule has 1 aliphatic heterocycles. The Morgan fingerprint density at radius 2 is 1.95 bits per heavy atom. The molecule has 1 aromatic rings. The maximum absolute atomic E-state index is 3.56. The second-order valence-corrected chi connectivity index (χ2v) is 6.41. The molecule has 2 unspecified atom stereocenters. The lowest BCUT2D eigenvalue weighted by Crippen LogP contribution is -2.47. The molecule has 2 heteroatoms. The number of piperidine rings is 1. The van der Waals surface area contributed by atoms with Gasteiger partial charge in [0.2, 0.25) is 0 Å². The third kappa shape index (κ3) is 4.55. The second-order valence-electron chi connectivity index (χ2n) is 6.41. The second kappa shape index (κ2) is 8.55. The van der Waals surface area contributed by atoms with Crippen LogP contribution in [-0.4, -0.2) is 30.6 Å². The third-order valence-corrected chi connectivity index (χ3v) is 4.72. The van der Waals surface area contributed by atoms with Crippen LogP contribution in [0, 0.1) is 0 Å². The van der Waals surface area contributed by atoms with E-state index in [0.29, 0.717) is 12.1 Å². The highest BCUT2D eigenvalue weighted by molar-refractivity contribution is 5.25. The summed E-state index contributed by atoms with van der Waals surface area (Å²) in [6.45, 7) is 10.5. The van der Waals surface area contributed by atoms with Crippen LogP contribution >= 0.6 is 0 Å². The Hall–Kier alpha value is -0.860. The standard InChI is InChI=1S/C19H32N2/c1-4-7-17-9-11-18(12-10-17)16(3)21(14-5-2)19-8-6-13-20-15-19/h9-12,16,19-20H,4-8,13-15H2,1-3H3. The highest BCUT2D eigenvalue weighted by Gasteiger charge is 2.25. The van der Waals surface area contributed by atoms with Crippen molar-refractivity contribution in [2.45, 2.75) is 65.0 Å². The average molecular weight is 288 g/mol. The summed E-state index contributed by atoms with van der Waals surface area (Å²) in [5, 5.41) is 3.56. The van der Waals surface area contributed by atoms with Crippen LogP contribution in [-0.2, 0) is 6.42 Å². The zero-order valence-corrected chi connectivity index (χ0v) is 14.1. The number of nitrogens with zero attached hydrogens (tertiary/aromatic N) is 1. The normalized spacial score (nSPS) is 20.7. The quantitative estimate of drug-likeness (QED) is 0.810. The Balaban J connectivity index is 2.07. The van der Waals surface area contributed by atoms with Gasteiger partial charge in [-0.3, -0.25) is 4.90 Å². The van der Waals surface area contributed by atoms with Crippen molar-refractivity contribution in [3.8, 4) is 0 Å². The predicted octanol–water partition coefficient (Wildman–Crippen LogP) is 4.16. The van der Waals surface area contributed by atoms with Crippen molar-refractivity contribution in [1.29, 1.82) is 0 Å². The van der Waals surface area contributed by atoms with E-state index in [0.717, 1.165) is 6.54 Å². The number of hydrogen-bond donors (Lipinski definition) is 1. The average Bonchev–Trinajstić information content (AvgIpc) is 2.54. The van der Waals surface area contributed by atoms with Crippen LogP contribution in [0.2, 0.25) is 0 Å². The molecule has 118 valence electrons. The largest absolute Gasteiger partial charge is 0.315 e. The van der Waals surface area contributed by atoms with Gasteiger partial charge in [-0.05, 0) is 56.8 Å². The molecule has 0 aliphatic carbocycles. The molecule has 2 atom stereocenters. The summed E-state index contributed by atoms with van der Waals surface area (Å²) in [5.41, 5.74) is 2.93. The van der Waals surface area contributed by atoms with Crippen LogP contribution in [0.5, 0.6) is 0 Å². The van der Waals surface area contributed by atoms with E-state index in [1.807, 2.05) is 0 Å². The van der Waals surface area contributed by atoms with Gasteiger partial charge in [0, 0.05) is 18.6 Å². The van der Waals surface area contributed by atoms with Gasteiger partial charge in [0.05, 0.1) is 0 Å². The van der Waals surface area contributed by atoms with Crippen molar-refractivity contribution in [1.82, 2.24) is 10.2 Å². The van der Waals surface area contributed by atoms with E-state index in [2.05, 4.69) is 55.3 Å². The number of benzene rings is 1. The summed E-state index contributed by atoms with van der Waals surface area (Å²) in [6.07, 6.45) is 6.30. The van der Waals surface area contributed by atoms with Gasteiger partial charge in [-0.2, -0.15) is 0 Å². The molecular formula is C19H32N2. The van der Waals surface area contributed by atoms with Crippen molar-refractivity contribution in [3.63, 3.8) is 0 Å². The molecule has 1 fully saturated rings. The van der Waals surface area contributed by atoms with Crippen LogP contribution in [0.15, 0.2) is 24.3 Å². The van der Waals surface area contributed by atoms with E-state index in [4.69, 9.17) is 0 Å². The Labute approximate surface area is 130 Å². The van der Waals surface area contributed by atoms with Crippen LogP contribution in [0.3, 0.4) is 0 Å². The highest BCUT2D eigenvalue weighted by atomic mass is 15.2. The first kappa shape index (κ1) is 16.5. The summed E-state index contributed by atoms with van der Waals surface area (Å²) in [5.74, 6) is 0. The molecule has 1 saturated heterocycles. The van der Waals surface area contributed by atoms with Crippen molar-refractivity contribution >= 4 is 0 Å². The molecule has 2 rings (SSSR count). The van der Waals surface area contributed by atoms with Crippen molar-refractivity contribution in [2.24, 2.45) is 0 Å². The van der Waals surface area contributed by atoms with Crippen molar-refractivity contribution < 1.29 is 0 Å². The first-order valence-corrected chi connectivity index (χ1v) is 8.81. The highest BCUT2D eigenvalue weighted by Crippen LogP contribution is 2.26. The molecule has 0 bridgehead atoms. The van der Waals surface area contributed by atoms with Gasteiger partial charge in [0.15, 0.2) is 0 Å². The minimum absolute atomic E-state index is 0.519. The molecule has 1 aliphatic rings. The molecule has 1 heterocycles. The lowest BCUT2D eigenvalue weighted by molar-refractivity contribution is 0.120. The summed E-state index contributed by atoms with van der Waals surface area (Å²) in [4.78, 5) is 2.71. The minimum Gasteiger partial charge on any atom is -0.315 e. The fraction of sp³-hybridized carbons (Fsp3) is 0.684. The summed E-state index contributed by atoms with van der Waals surface area (Å²) in [7, 11) is 0. The van der Waals surface area contributed by atoms with Crippen molar-refractivity contribution in [2.75, 3.05) is 19.6 Å². The number of aryl methyl sites for hydroxylation is 1. The molecular weight excluding hydrogens is 256 g/mol. The third-order valence-electron chi connectivity index (χ3n) is 4.72. The molecule has 2 nitrogen and oxygen atoms in total. The smallest absolute Gasteiger partial charge is 0.0323 e. The maximum atomic E-state index is 3.56. The lowest BCUT2D eigenvalue weighted by Gasteiger charge is -2.39. The molecule has 21 heavy (non-hydrogen) atoms. The van der Waals surface area contributed by atoms with Gasteiger partial charge >= 0.3 is 0 Å². The topological polar surface area (TPSA) is 15.3 Å². The first-order chi connectivity index (χ1) is 10.3. The number of rotatable bonds is 7. The fourth-order valence-electron chi connectivity index (χ4n) is 3.51. The van der Waals surface area contributed by atoms with Gasteiger partial charge in [0.1, 0.15) is 0 Å². The molecule has 0 aromatic heterocycles. The van der Waals surface area contributed by atoms with E-state index in [-0.39, 0.29) is 0 Å². The first-order valence-electron chi connectivity index (χ1n) is 8.81. The van der Waals surface area contributed by atoms with E-state index in [1.165, 1.54) is 56.3 Å². The maximum Gasteiger partial charge on any atom is 0.0323 e. The summed E-state index contributed by atoms with van der Waals surface area (Å²) in [6, 6.07) is 10.5. The molecule has 1 aromatic carbocycles. The number of nitrogens with one attached hydrogen (secondary N) is 1. The Morgan fingerprint density at radius 1 is 1.19 bits per heavy atom. The molecule has 0 radical (unpaired) electrons. The monoisotopic (exact) mass is 288 g/mol. The Morgan fingerprint density at radius 3 is 2.52 bits per heavy atom. The van der Waals surface area contributed by atoms with Gasteiger partial charge in [0.25, 0.3) is 0 Å². The lowest BCUT2D eigenvalue weighted by atomic mass is 9.98. The van der Waals surface area contributed by atoms with Crippen LogP contribution in [0.1, 0.15) is 63.6 Å². The van der Waals surface area contributed by atoms with E-state index >= 15 is 0 Å². The van der Waals surface area contributed by atoms with Crippen LogP contribution in [0.4, 0.5) is 0 Å². The Bertz CT molecular complexity index is 393. The molecule has 1 N–H and O–H groups in total. The van der Waals surface area contributed by atoms with Gasteiger partial charge in [-0.15, -0.1) is 0 Å². The summed E-state index contributed by atoms with van der Waals surface area (Å²) >= 11 is 0. The summed E-state index contributed by atoms with van der Waals surface area (Å²) < 4.78 is 0. The Kier molecular flexibility index (Phi) is 6.72. The van der Waals surface area contributed by atoms with Gasteiger partial charge in [-0.25, -0.2) is 0 Å². The minimum atomic E-state index is 0.519. The fourth-order valence-corrected chi connectivity index (χ4v) is 3.51. The molecule has 0 spiro atoms. The van der Waals surface area contributed by atoms with E-state index in [9.17, 15) is 0 Å². The molecule has 0 amide bonds. The SMILES string of the molecule is CCCc1ccc(C(C)N(CCC)C2CCCNC2)cc1. The molecule has 0 saturated carbocycles. The zero-order valence-electron chi connectivity index (χ0n) is 14.1. The zero-order chi connectivity index (χ0) is 15.1. The predicted molar refractivity (Wildman–Crippen MR) is 91.7 cm³/mol. The van der Waals surface area contributed by atoms with Gasteiger partial charge in [-0.1, -0.05) is 44.5 Å².